The Morgan fingerprint density at radius 2 is 1.95 bits per heavy atom. The van der Waals surface area contributed by atoms with Crippen LogP contribution < -0.4 is 5.32 Å². The number of carbonyl (C=O) groups is 1. The second-order valence-corrected chi connectivity index (χ2v) is 5.92. The summed E-state index contributed by atoms with van der Waals surface area (Å²) in [5.74, 6) is -0.456. The topological polar surface area (TPSA) is 50.8 Å². The molecule has 0 unspecified atom stereocenters. The van der Waals surface area contributed by atoms with E-state index in [2.05, 4.69) is 5.32 Å². The van der Waals surface area contributed by atoms with E-state index in [-0.39, 0.29) is 6.03 Å². The Bertz CT molecular complexity index is 534. The zero-order valence-electron chi connectivity index (χ0n) is 12.0. The van der Waals surface area contributed by atoms with Crippen molar-refractivity contribution in [1.82, 2.24) is 4.90 Å². The van der Waals surface area contributed by atoms with Crippen LogP contribution in [0.1, 0.15) is 18.4 Å². The van der Waals surface area contributed by atoms with Gasteiger partial charge in [-0.15, -0.1) is 0 Å². The normalized spacial score (nSPS) is 20.8. The summed E-state index contributed by atoms with van der Waals surface area (Å²) in [6, 6.07) is 5.37. The summed E-state index contributed by atoms with van der Waals surface area (Å²) in [5, 5.41) is 3.53. The van der Waals surface area contributed by atoms with Crippen molar-refractivity contribution in [3.05, 3.63) is 28.8 Å². The molecular weight excluding hydrogens is 292 g/mol. The molecule has 21 heavy (non-hydrogen) atoms. The van der Waals surface area contributed by atoms with Crippen LogP contribution in [-0.4, -0.2) is 43.0 Å². The van der Waals surface area contributed by atoms with Gasteiger partial charge in [-0.3, -0.25) is 0 Å². The van der Waals surface area contributed by atoms with Crippen LogP contribution in [0.5, 0.6) is 0 Å². The third-order valence-electron chi connectivity index (χ3n) is 4.07. The van der Waals surface area contributed by atoms with E-state index in [1.165, 1.54) is 0 Å². The average Bonchev–Trinajstić information content (AvgIpc) is 2.92. The van der Waals surface area contributed by atoms with E-state index in [4.69, 9.17) is 21.1 Å². The van der Waals surface area contributed by atoms with Crippen molar-refractivity contribution in [2.45, 2.75) is 25.6 Å². The lowest BCUT2D eigenvalue weighted by molar-refractivity contribution is -0.181. The van der Waals surface area contributed by atoms with Gasteiger partial charge in [0.05, 0.1) is 13.2 Å². The van der Waals surface area contributed by atoms with E-state index in [9.17, 15) is 4.79 Å². The standard InChI is InChI=1S/C15H19ClN2O3/c1-11-2-3-12(16)10-13(11)17-14(19)18-6-4-15(5-7-18)20-8-9-21-15/h2-3,10H,4-9H2,1H3,(H,17,19). The van der Waals surface area contributed by atoms with Gasteiger partial charge in [-0.2, -0.15) is 0 Å². The van der Waals surface area contributed by atoms with Gasteiger partial charge in [0.1, 0.15) is 0 Å². The fourth-order valence-electron chi connectivity index (χ4n) is 2.76. The minimum atomic E-state index is -0.456. The number of hydrogen-bond donors (Lipinski definition) is 1. The van der Waals surface area contributed by atoms with Gasteiger partial charge >= 0.3 is 6.03 Å². The molecule has 2 amide bonds. The summed E-state index contributed by atoms with van der Waals surface area (Å²) >= 11 is 5.97. The molecule has 1 aromatic rings. The summed E-state index contributed by atoms with van der Waals surface area (Å²) in [7, 11) is 0. The van der Waals surface area contributed by atoms with Gasteiger partial charge in [-0.1, -0.05) is 17.7 Å². The lowest BCUT2D eigenvalue weighted by Gasteiger charge is -2.37. The van der Waals surface area contributed by atoms with Crippen LogP contribution >= 0.6 is 11.6 Å². The number of nitrogens with zero attached hydrogens (tertiary/aromatic N) is 1. The minimum absolute atomic E-state index is 0.104. The summed E-state index contributed by atoms with van der Waals surface area (Å²) in [6.45, 7) is 4.50. The molecule has 114 valence electrons. The number of rotatable bonds is 1. The zero-order chi connectivity index (χ0) is 14.9. The van der Waals surface area contributed by atoms with Crippen molar-refractivity contribution in [2.75, 3.05) is 31.6 Å². The molecule has 5 nitrogen and oxygen atoms in total. The molecule has 0 radical (unpaired) electrons. The molecule has 2 heterocycles. The van der Waals surface area contributed by atoms with Crippen molar-refractivity contribution in [1.29, 1.82) is 0 Å². The van der Waals surface area contributed by atoms with Crippen molar-refractivity contribution in [3.8, 4) is 0 Å². The smallest absolute Gasteiger partial charge is 0.321 e. The Morgan fingerprint density at radius 1 is 1.29 bits per heavy atom. The van der Waals surface area contributed by atoms with E-state index in [0.717, 1.165) is 24.1 Å². The van der Waals surface area contributed by atoms with Crippen LogP contribution in [0.25, 0.3) is 0 Å². The number of urea groups is 1. The van der Waals surface area contributed by atoms with E-state index < -0.39 is 5.79 Å². The summed E-state index contributed by atoms with van der Waals surface area (Å²) in [6.07, 6.45) is 1.43. The van der Waals surface area contributed by atoms with Crippen molar-refractivity contribution in [3.63, 3.8) is 0 Å². The van der Waals surface area contributed by atoms with Gasteiger partial charge in [0.25, 0.3) is 0 Å². The fourth-order valence-corrected chi connectivity index (χ4v) is 2.93. The molecule has 1 spiro atoms. The number of nitrogens with one attached hydrogen (secondary N) is 1. The highest BCUT2D eigenvalue weighted by molar-refractivity contribution is 6.31. The molecule has 1 aromatic carbocycles. The molecule has 2 saturated heterocycles. The first-order valence-corrected chi connectivity index (χ1v) is 7.56. The summed E-state index contributed by atoms with van der Waals surface area (Å²) in [4.78, 5) is 14.1. The number of benzene rings is 1. The number of piperidine rings is 1. The number of hydrogen-bond acceptors (Lipinski definition) is 3. The van der Waals surface area contributed by atoms with Crippen molar-refractivity contribution in [2.24, 2.45) is 0 Å². The molecule has 2 aliphatic heterocycles. The molecule has 1 N–H and O–H groups in total. The number of amides is 2. The largest absolute Gasteiger partial charge is 0.347 e. The van der Waals surface area contributed by atoms with Crippen molar-refractivity contribution >= 4 is 23.3 Å². The molecule has 0 bridgehead atoms. The number of anilines is 1. The Balaban J connectivity index is 1.60. The molecule has 0 aliphatic carbocycles. The summed E-state index contributed by atoms with van der Waals surface area (Å²) in [5.41, 5.74) is 1.74. The van der Waals surface area contributed by atoms with Gasteiger partial charge in [0.2, 0.25) is 0 Å². The van der Waals surface area contributed by atoms with Gasteiger partial charge in [0.15, 0.2) is 5.79 Å². The van der Waals surface area contributed by atoms with Gasteiger partial charge < -0.3 is 19.7 Å². The lowest BCUT2D eigenvalue weighted by Crippen LogP contribution is -2.48. The van der Waals surface area contributed by atoms with Gasteiger partial charge in [0, 0.05) is 36.6 Å². The van der Waals surface area contributed by atoms with Crippen LogP contribution in [0.4, 0.5) is 10.5 Å². The highest BCUT2D eigenvalue weighted by Gasteiger charge is 2.40. The maximum Gasteiger partial charge on any atom is 0.321 e. The second-order valence-electron chi connectivity index (χ2n) is 5.48. The molecule has 2 aliphatic rings. The van der Waals surface area contributed by atoms with Crippen molar-refractivity contribution < 1.29 is 14.3 Å². The first-order chi connectivity index (χ1) is 10.1. The van der Waals surface area contributed by atoms with Crippen LogP contribution in [0.15, 0.2) is 18.2 Å². The molecule has 0 atom stereocenters. The molecule has 6 heteroatoms. The third kappa shape index (κ3) is 3.15. The predicted molar refractivity (Wildman–Crippen MR) is 80.6 cm³/mol. The van der Waals surface area contributed by atoms with Crippen LogP contribution in [-0.2, 0) is 9.47 Å². The Hall–Kier alpha value is -1.30. The summed E-state index contributed by atoms with van der Waals surface area (Å²) < 4.78 is 11.3. The first-order valence-electron chi connectivity index (χ1n) is 7.18. The first kappa shape index (κ1) is 14.6. The van der Waals surface area contributed by atoms with Crippen LogP contribution in [0.2, 0.25) is 5.02 Å². The molecule has 0 aromatic heterocycles. The minimum Gasteiger partial charge on any atom is -0.347 e. The van der Waals surface area contributed by atoms with E-state index >= 15 is 0 Å². The predicted octanol–water partition coefficient (Wildman–Crippen LogP) is 3.02. The number of carbonyl (C=O) groups excluding carboxylic acids is 1. The molecule has 2 fully saturated rings. The van der Waals surface area contributed by atoms with Gasteiger partial charge in [-0.05, 0) is 24.6 Å². The molecule has 0 saturated carbocycles. The molecular formula is C15H19ClN2O3. The SMILES string of the molecule is Cc1ccc(Cl)cc1NC(=O)N1CCC2(CC1)OCCO2. The monoisotopic (exact) mass is 310 g/mol. The lowest BCUT2D eigenvalue weighted by atomic mass is 10.0. The Morgan fingerprint density at radius 3 is 2.62 bits per heavy atom. The van der Waals surface area contributed by atoms with Crippen LogP contribution in [0.3, 0.4) is 0 Å². The third-order valence-corrected chi connectivity index (χ3v) is 4.30. The Kier molecular flexibility index (Phi) is 4.06. The number of likely N-dealkylation sites (tertiary alicyclic amines) is 1. The maximum absolute atomic E-state index is 12.3. The second kappa shape index (κ2) is 5.83. The number of halogens is 1. The number of aryl methyl sites for hydroxylation is 1. The highest BCUT2D eigenvalue weighted by Crippen LogP contribution is 2.31. The van der Waals surface area contributed by atoms with E-state index in [0.29, 0.717) is 31.3 Å². The average molecular weight is 311 g/mol. The van der Waals surface area contributed by atoms with E-state index in [1.54, 1.807) is 11.0 Å². The fraction of sp³-hybridized carbons (Fsp3) is 0.533. The quantitative estimate of drug-likeness (QED) is 0.867. The van der Waals surface area contributed by atoms with Crippen LogP contribution in [0, 0.1) is 6.92 Å². The zero-order valence-corrected chi connectivity index (χ0v) is 12.8. The number of ether oxygens (including phenoxy) is 2. The van der Waals surface area contributed by atoms with Gasteiger partial charge in [-0.25, -0.2) is 4.79 Å². The Labute approximate surface area is 129 Å². The maximum atomic E-state index is 12.3. The van der Waals surface area contributed by atoms with E-state index in [1.807, 2.05) is 19.1 Å². The molecule has 3 rings (SSSR count). The highest BCUT2D eigenvalue weighted by atomic mass is 35.5.